The molecule has 2 amide bonds. The van der Waals surface area contributed by atoms with Crippen molar-refractivity contribution >= 4 is 29.0 Å². The molecule has 7 nitrogen and oxygen atoms in total. The number of hydrogen-bond donors (Lipinski definition) is 4. The molecule has 3 rings (SSSR count). The molecule has 7 heteroatoms. The zero-order valence-corrected chi connectivity index (χ0v) is 16.8. The second kappa shape index (κ2) is 9.84. The lowest BCUT2D eigenvalue weighted by molar-refractivity contribution is -0.130. The summed E-state index contributed by atoms with van der Waals surface area (Å²) in [5, 5.41) is 6.31. The Hall–Kier alpha value is -3.45. The Morgan fingerprint density at radius 2 is 1.70 bits per heavy atom. The molecule has 1 heterocycles. The van der Waals surface area contributed by atoms with E-state index in [-0.39, 0.29) is 0 Å². The zero-order valence-electron chi connectivity index (χ0n) is 16.8. The van der Waals surface area contributed by atoms with Crippen LogP contribution in [0.5, 0.6) is 0 Å². The van der Waals surface area contributed by atoms with E-state index in [9.17, 15) is 14.4 Å². The highest BCUT2D eigenvalue weighted by Gasteiger charge is 2.23. The van der Waals surface area contributed by atoms with Crippen molar-refractivity contribution in [2.45, 2.75) is 37.9 Å². The number of para-hydroxylation sites is 1. The van der Waals surface area contributed by atoms with Crippen LogP contribution in [0.15, 0.2) is 60.8 Å². The number of carbonyl (C=O) groups excluding carboxylic acids is 3. The predicted octanol–water partition coefficient (Wildman–Crippen LogP) is 1.47. The van der Waals surface area contributed by atoms with E-state index in [2.05, 4.69) is 15.6 Å². The summed E-state index contributed by atoms with van der Waals surface area (Å²) in [4.78, 5) is 39.4. The maximum Gasteiger partial charge on any atom is 0.242 e. The van der Waals surface area contributed by atoms with Crippen LogP contribution in [0.2, 0.25) is 0 Å². The maximum atomic E-state index is 12.5. The lowest BCUT2D eigenvalue weighted by Crippen LogP contribution is -2.53. The van der Waals surface area contributed by atoms with E-state index in [0.717, 1.165) is 22.0 Å². The molecule has 1 aromatic heterocycles. The molecule has 0 aliphatic carbocycles. The molecule has 2 aromatic carbocycles. The van der Waals surface area contributed by atoms with E-state index in [4.69, 9.17) is 5.73 Å². The number of carbonyl (C=O) groups is 3. The predicted molar refractivity (Wildman–Crippen MR) is 116 cm³/mol. The van der Waals surface area contributed by atoms with Gasteiger partial charge in [-0.15, -0.1) is 0 Å². The molecule has 0 spiro atoms. The van der Waals surface area contributed by atoms with Crippen LogP contribution in [-0.2, 0) is 27.2 Å². The number of rotatable bonds is 9. The first-order valence-corrected chi connectivity index (χ1v) is 9.88. The number of amides is 2. The van der Waals surface area contributed by atoms with Gasteiger partial charge >= 0.3 is 0 Å². The summed E-state index contributed by atoms with van der Waals surface area (Å²) in [5.74, 6) is -0.857. The van der Waals surface area contributed by atoms with Gasteiger partial charge in [-0.1, -0.05) is 48.5 Å². The summed E-state index contributed by atoms with van der Waals surface area (Å²) in [6.07, 6.45) is 3.26. The van der Waals surface area contributed by atoms with Crippen LogP contribution in [0.3, 0.4) is 0 Å². The fraction of sp³-hybridized carbons (Fsp3) is 0.261. The number of nitrogens with two attached hydrogens (primary N) is 1. The SMILES string of the molecule is CC(NC(=O)C(N)Cc1c[nH]c2ccccc12)C(=O)NC(C=O)Cc1ccccc1. The topological polar surface area (TPSA) is 117 Å². The lowest BCUT2D eigenvalue weighted by Gasteiger charge is -2.19. The number of fused-ring (bicyclic) bond motifs is 1. The Balaban J connectivity index is 1.53. The van der Waals surface area contributed by atoms with Crippen molar-refractivity contribution in [2.24, 2.45) is 5.73 Å². The number of aromatic nitrogens is 1. The lowest BCUT2D eigenvalue weighted by atomic mass is 10.0. The Morgan fingerprint density at radius 3 is 2.43 bits per heavy atom. The zero-order chi connectivity index (χ0) is 21.5. The fourth-order valence-corrected chi connectivity index (χ4v) is 3.33. The average Bonchev–Trinajstić information content (AvgIpc) is 3.16. The normalized spacial score (nSPS) is 13.9. The molecule has 3 unspecified atom stereocenters. The number of hydrogen-bond acceptors (Lipinski definition) is 4. The number of aromatic amines is 1. The highest BCUT2D eigenvalue weighted by Crippen LogP contribution is 2.18. The monoisotopic (exact) mass is 406 g/mol. The first kappa shape index (κ1) is 21.3. The van der Waals surface area contributed by atoms with Crippen molar-refractivity contribution in [1.29, 1.82) is 0 Å². The van der Waals surface area contributed by atoms with Gasteiger partial charge in [0.25, 0.3) is 0 Å². The minimum absolute atomic E-state index is 0.342. The Bertz CT molecular complexity index is 1020. The van der Waals surface area contributed by atoms with Crippen LogP contribution in [0, 0.1) is 0 Å². The van der Waals surface area contributed by atoms with Crippen molar-refractivity contribution in [1.82, 2.24) is 15.6 Å². The minimum Gasteiger partial charge on any atom is -0.361 e. The van der Waals surface area contributed by atoms with Gasteiger partial charge in [0.05, 0.1) is 12.1 Å². The molecule has 5 N–H and O–H groups in total. The molecular weight excluding hydrogens is 380 g/mol. The maximum absolute atomic E-state index is 12.5. The van der Waals surface area contributed by atoms with Gasteiger partial charge in [0.2, 0.25) is 11.8 Å². The summed E-state index contributed by atoms with van der Waals surface area (Å²) < 4.78 is 0. The van der Waals surface area contributed by atoms with E-state index in [1.54, 1.807) is 6.92 Å². The van der Waals surface area contributed by atoms with Crippen molar-refractivity contribution in [2.75, 3.05) is 0 Å². The van der Waals surface area contributed by atoms with Gasteiger partial charge < -0.3 is 26.1 Å². The molecule has 0 radical (unpaired) electrons. The minimum atomic E-state index is -0.815. The Labute approximate surface area is 175 Å². The number of H-pyrrole nitrogens is 1. The first-order valence-electron chi connectivity index (χ1n) is 9.88. The molecule has 156 valence electrons. The molecule has 3 atom stereocenters. The van der Waals surface area contributed by atoms with Crippen LogP contribution in [-0.4, -0.2) is 41.2 Å². The Kier molecular flexibility index (Phi) is 6.98. The van der Waals surface area contributed by atoms with E-state index in [0.29, 0.717) is 19.1 Å². The summed E-state index contributed by atoms with van der Waals surface area (Å²) in [6.45, 7) is 1.57. The van der Waals surface area contributed by atoms with Gasteiger partial charge in [-0.2, -0.15) is 0 Å². The van der Waals surface area contributed by atoms with Crippen LogP contribution < -0.4 is 16.4 Å². The van der Waals surface area contributed by atoms with Gasteiger partial charge in [-0.05, 0) is 37.0 Å². The molecule has 0 fully saturated rings. The number of benzene rings is 2. The molecule has 30 heavy (non-hydrogen) atoms. The van der Waals surface area contributed by atoms with Crippen LogP contribution >= 0.6 is 0 Å². The van der Waals surface area contributed by atoms with E-state index in [1.807, 2.05) is 60.8 Å². The van der Waals surface area contributed by atoms with Crippen molar-refractivity contribution in [3.8, 4) is 0 Å². The van der Waals surface area contributed by atoms with Crippen LogP contribution in [0.4, 0.5) is 0 Å². The van der Waals surface area contributed by atoms with Crippen molar-refractivity contribution in [3.63, 3.8) is 0 Å². The van der Waals surface area contributed by atoms with E-state index >= 15 is 0 Å². The largest absolute Gasteiger partial charge is 0.361 e. The van der Waals surface area contributed by atoms with Gasteiger partial charge in [0.1, 0.15) is 12.3 Å². The second-order valence-electron chi connectivity index (χ2n) is 7.34. The molecule has 0 saturated carbocycles. The standard InChI is InChI=1S/C23H26N4O3/c1-15(22(29)27-18(14-28)11-16-7-3-2-4-8-16)26-23(30)20(24)12-17-13-25-21-10-6-5-9-19(17)21/h2-10,13-15,18,20,25H,11-12,24H2,1H3,(H,26,30)(H,27,29). The van der Waals surface area contributed by atoms with Gasteiger partial charge in [0.15, 0.2) is 0 Å². The van der Waals surface area contributed by atoms with Crippen LogP contribution in [0.1, 0.15) is 18.1 Å². The quantitative estimate of drug-likeness (QED) is 0.403. The van der Waals surface area contributed by atoms with Crippen LogP contribution in [0.25, 0.3) is 10.9 Å². The molecule has 0 saturated heterocycles. The fourth-order valence-electron chi connectivity index (χ4n) is 3.33. The third kappa shape index (κ3) is 5.33. The summed E-state index contributed by atoms with van der Waals surface area (Å²) >= 11 is 0. The van der Waals surface area contributed by atoms with Gasteiger partial charge in [0, 0.05) is 17.1 Å². The molecule has 0 aliphatic heterocycles. The van der Waals surface area contributed by atoms with Gasteiger partial charge in [-0.3, -0.25) is 9.59 Å². The highest BCUT2D eigenvalue weighted by molar-refractivity contribution is 5.91. The van der Waals surface area contributed by atoms with E-state index < -0.39 is 29.9 Å². The third-order valence-corrected chi connectivity index (χ3v) is 4.99. The number of aldehydes is 1. The smallest absolute Gasteiger partial charge is 0.242 e. The van der Waals surface area contributed by atoms with Gasteiger partial charge in [-0.25, -0.2) is 0 Å². The third-order valence-electron chi connectivity index (χ3n) is 4.99. The highest BCUT2D eigenvalue weighted by atomic mass is 16.2. The molecule has 0 aliphatic rings. The average molecular weight is 406 g/mol. The molecule has 0 bridgehead atoms. The Morgan fingerprint density at radius 1 is 1.00 bits per heavy atom. The summed E-state index contributed by atoms with van der Waals surface area (Å²) in [7, 11) is 0. The summed E-state index contributed by atoms with van der Waals surface area (Å²) in [6, 6.07) is 14.9. The second-order valence-corrected chi connectivity index (χ2v) is 7.34. The molecular formula is C23H26N4O3. The molecule has 3 aromatic rings. The first-order chi connectivity index (χ1) is 14.5. The van der Waals surface area contributed by atoms with E-state index in [1.165, 1.54) is 0 Å². The van der Waals surface area contributed by atoms with Crippen molar-refractivity contribution < 1.29 is 14.4 Å². The van der Waals surface area contributed by atoms with Crippen molar-refractivity contribution in [3.05, 3.63) is 71.9 Å². The summed E-state index contributed by atoms with van der Waals surface area (Å²) in [5.41, 5.74) is 8.92. The number of nitrogens with one attached hydrogen (secondary N) is 3.